The predicted molar refractivity (Wildman–Crippen MR) is 77.7 cm³/mol. The zero-order chi connectivity index (χ0) is 15.1. The Hall–Kier alpha value is -2.96. The fourth-order valence-electron chi connectivity index (χ4n) is 2.39. The van der Waals surface area contributed by atoms with Gasteiger partial charge >= 0.3 is 5.82 Å². The van der Waals surface area contributed by atoms with Gasteiger partial charge in [0.15, 0.2) is 0 Å². The van der Waals surface area contributed by atoms with Crippen molar-refractivity contribution in [2.45, 2.75) is 6.92 Å². The molecule has 106 valence electrons. The Balaban J connectivity index is 2.10. The molecule has 0 unspecified atom stereocenters. The summed E-state index contributed by atoms with van der Waals surface area (Å²) in [6, 6.07) is 7.39. The normalized spacial score (nSPS) is 15.6. The van der Waals surface area contributed by atoms with Crippen LogP contribution in [0, 0.1) is 17.0 Å². The van der Waals surface area contributed by atoms with Gasteiger partial charge in [0, 0.05) is 18.7 Å². The number of hydrogen-bond acceptors (Lipinski definition) is 4. The summed E-state index contributed by atoms with van der Waals surface area (Å²) < 4.78 is 0. The van der Waals surface area contributed by atoms with E-state index in [0.717, 1.165) is 11.3 Å². The van der Waals surface area contributed by atoms with E-state index >= 15 is 0 Å². The molecule has 1 N–H and O–H groups in total. The summed E-state index contributed by atoms with van der Waals surface area (Å²) in [5.41, 5.74) is 2.36. The topological polar surface area (TPSA) is 92.1 Å². The number of hydrogen-bond donors (Lipinski definition) is 1. The minimum absolute atomic E-state index is 0.158. The zero-order valence-electron chi connectivity index (χ0n) is 11.5. The van der Waals surface area contributed by atoms with Crippen LogP contribution in [0.5, 0.6) is 0 Å². The van der Waals surface area contributed by atoms with Gasteiger partial charge in [0.05, 0.1) is 11.3 Å². The van der Waals surface area contributed by atoms with Crippen molar-refractivity contribution in [2.24, 2.45) is 0 Å². The number of aromatic nitrogens is 2. The molecule has 1 aliphatic rings. The lowest BCUT2D eigenvalue weighted by Crippen LogP contribution is -2.20. The van der Waals surface area contributed by atoms with Crippen LogP contribution in [0.4, 0.5) is 11.5 Å². The molecule has 0 atom stereocenters. The first kappa shape index (κ1) is 13.0. The second-order valence-corrected chi connectivity index (χ2v) is 4.75. The molecule has 1 aromatic carbocycles. The van der Waals surface area contributed by atoms with Crippen molar-refractivity contribution >= 4 is 29.1 Å². The number of anilines is 1. The number of nitrogens with one attached hydrogen (secondary N) is 1. The molecule has 0 spiro atoms. The van der Waals surface area contributed by atoms with Gasteiger partial charge in [-0.3, -0.25) is 4.79 Å². The number of H-pyrrole nitrogens is 1. The predicted octanol–water partition coefficient (Wildman–Crippen LogP) is 2.14. The molecule has 3 rings (SSSR count). The number of imidazole rings is 1. The van der Waals surface area contributed by atoms with Gasteiger partial charge in [-0.1, -0.05) is 18.2 Å². The molecule has 2 heterocycles. The van der Waals surface area contributed by atoms with E-state index in [0.29, 0.717) is 17.1 Å². The molecular formula is C14H12N4O3. The maximum absolute atomic E-state index is 12.3. The maximum atomic E-state index is 12.3. The first-order valence-corrected chi connectivity index (χ1v) is 6.29. The van der Waals surface area contributed by atoms with Crippen LogP contribution in [0.2, 0.25) is 0 Å². The first-order chi connectivity index (χ1) is 9.99. The Labute approximate surface area is 120 Å². The summed E-state index contributed by atoms with van der Waals surface area (Å²) in [6.45, 7) is 1.55. The van der Waals surface area contributed by atoms with Crippen molar-refractivity contribution in [2.75, 3.05) is 11.9 Å². The van der Waals surface area contributed by atoms with Crippen LogP contribution in [-0.4, -0.2) is 27.8 Å². The van der Waals surface area contributed by atoms with Crippen LogP contribution in [-0.2, 0) is 4.79 Å². The van der Waals surface area contributed by atoms with Gasteiger partial charge in [-0.05, 0) is 17.9 Å². The van der Waals surface area contributed by atoms with Gasteiger partial charge in [0.25, 0.3) is 5.91 Å². The monoisotopic (exact) mass is 284 g/mol. The minimum atomic E-state index is -0.527. The molecule has 0 aliphatic carbocycles. The molecule has 1 amide bonds. The number of rotatable bonds is 2. The van der Waals surface area contributed by atoms with E-state index in [2.05, 4.69) is 9.97 Å². The van der Waals surface area contributed by atoms with E-state index in [9.17, 15) is 14.9 Å². The second kappa shape index (κ2) is 4.55. The van der Waals surface area contributed by atoms with E-state index in [1.54, 1.807) is 24.9 Å². The molecule has 0 fully saturated rings. The van der Waals surface area contributed by atoms with E-state index in [4.69, 9.17) is 0 Å². The minimum Gasteiger partial charge on any atom is -0.358 e. The van der Waals surface area contributed by atoms with Crippen LogP contribution in [0.25, 0.3) is 11.6 Å². The van der Waals surface area contributed by atoms with E-state index < -0.39 is 4.92 Å². The average Bonchev–Trinajstić information content (AvgIpc) is 2.94. The van der Waals surface area contributed by atoms with Gasteiger partial charge in [-0.25, -0.2) is 9.97 Å². The lowest BCUT2D eigenvalue weighted by molar-refractivity contribution is -0.389. The number of amides is 1. The molecule has 7 nitrogen and oxygen atoms in total. The Morgan fingerprint density at radius 2 is 2.10 bits per heavy atom. The maximum Gasteiger partial charge on any atom is 0.343 e. The van der Waals surface area contributed by atoms with Crippen LogP contribution >= 0.6 is 0 Å². The van der Waals surface area contributed by atoms with Crippen molar-refractivity contribution in [3.8, 4) is 0 Å². The highest BCUT2D eigenvalue weighted by Gasteiger charge is 2.30. The third-order valence-corrected chi connectivity index (χ3v) is 3.43. The Morgan fingerprint density at radius 3 is 2.76 bits per heavy atom. The molecule has 21 heavy (non-hydrogen) atoms. The van der Waals surface area contributed by atoms with Gasteiger partial charge in [-0.2, -0.15) is 0 Å². The number of aryl methyl sites for hydroxylation is 1. The van der Waals surface area contributed by atoms with Gasteiger partial charge in [0.1, 0.15) is 5.69 Å². The molecule has 0 saturated heterocycles. The molecular weight excluding hydrogens is 272 g/mol. The van der Waals surface area contributed by atoms with Gasteiger partial charge in [-0.15, -0.1) is 0 Å². The van der Waals surface area contributed by atoms with E-state index in [1.165, 1.54) is 0 Å². The van der Waals surface area contributed by atoms with E-state index in [-0.39, 0.29) is 11.7 Å². The average molecular weight is 284 g/mol. The molecule has 2 aromatic rings. The zero-order valence-corrected chi connectivity index (χ0v) is 11.5. The van der Waals surface area contributed by atoms with Crippen LogP contribution in [0.3, 0.4) is 0 Å². The lowest BCUT2D eigenvalue weighted by atomic mass is 10.1. The summed E-state index contributed by atoms with van der Waals surface area (Å²) in [6.07, 6.45) is 1.55. The fraction of sp³-hybridized carbons (Fsp3) is 0.143. The third-order valence-electron chi connectivity index (χ3n) is 3.43. The number of carbonyl (C=O) groups excluding carboxylic acids is 1. The van der Waals surface area contributed by atoms with Crippen LogP contribution in [0.15, 0.2) is 24.3 Å². The number of likely N-dealkylation sites (N-methyl/N-ethyl adjacent to an activating group) is 1. The van der Waals surface area contributed by atoms with Gasteiger partial charge in [0.2, 0.25) is 5.82 Å². The van der Waals surface area contributed by atoms with Crippen molar-refractivity contribution in [1.82, 2.24) is 9.97 Å². The van der Waals surface area contributed by atoms with Gasteiger partial charge < -0.3 is 15.0 Å². The molecule has 0 saturated carbocycles. The number of nitro groups is 1. The number of fused-ring (bicyclic) bond motifs is 1. The highest BCUT2D eigenvalue weighted by Crippen LogP contribution is 2.36. The SMILES string of the molecule is Cc1nc(C=C2C(=O)N(C)c3ccccc32)[nH]c1[N+](=O)[O-]. The summed E-state index contributed by atoms with van der Waals surface area (Å²) in [5, 5.41) is 10.8. The second-order valence-electron chi connectivity index (χ2n) is 4.75. The Bertz CT molecular complexity index is 791. The fourth-order valence-corrected chi connectivity index (χ4v) is 2.39. The lowest BCUT2D eigenvalue weighted by Gasteiger charge is -2.07. The number of aromatic amines is 1. The highest BCUT2D eigenvalue weighted by atomic mass is 16.6. The summed E-state index contributed by atoms with van der Waals surface area (Å²) in [5.74, 6) is -0.0190. The highest BCUT2D eigenvalue weighted by molar-refractivity contribution is 6.35. The number of para-hydroxylation sites is 1. The quantitative estimate of drug-likeness (QED) is 0.519. The largest absolute Gasteiger partial charge is 0.358 e. The Kier molecular flexibility index (Phi) is 2.83. The van der Waals surface area contributed by atoms with Crippen molar-refractivity contribution in [3.63, 3.8) is 0 Å². The molecule has 1 aromatic heterocycles. The number of benzene rings is 1. The van der Waals surface area contributed by atoms with Crippen molar-refractivity contribution in [3.05, 3.63) is 51.5 Å². The standard InChI is InChI=1S/C14H12N4O3/c1-8-13(18(20)21)16-12(15-8)7-10-9-5-3-4-6-11(9)17(2)14(10)19/h3-7H,1-2H3,(H,15,16). The molecule has 0 radical (unpaired) electrons. The van der Waals surface area contributed by atoms with Crippen molar-refractivity contribution in [1.29, 1.82) is 0 Å². The third kappa shape index (κ3) is 1.99. The van der Waals surface area contributed by atoms with Crippen molar-refractivity contribution < 1.29 is 9.72 Å². The molecule has 7 heteroatoms. The molecule has 1 aliphatic heterocycles. The smallest absolute Gasteiger partial charge is 0.343 e. The van der Waals surface area contributed by atoms with Crippen LogP contribution in [0.1, 0.15) is 17.1 Å². The summed E-state index contributed by atoms with van der Waals surface area (Å²) >= 11 is 0. The number of nitrogens with zero attached hydrogens (tertiary/aromatic N) is 3. The van der Waals surface area contributed by atoms with E-state index in [1.807, 2.05) is 24.3 Å². The van der Waals surface area contributed by atoms with Crippen LogP contribution < -0.4 is 4.90 Å². The molecule has 0 bridgehead atoms. The number of carbonyl (C=O) groups is 1. The summed E-state index contributed by atoms with van der Waals surface area (Å²) in [4.78, 5) is 30.8. The summed E-state index contributed by atoms with van der Waals surface area (Å²) in [7, 11) is 1.69. The first-order valence-electron chi connectivity index (χ1n) is 6.29. The Morgan fingerprint density at radius 1 is 1.38 bits per heavy atom.